The van der Waals surface area contributed by atoms with E-state index in [0.29, 0.717) is 22.9 Å². The van der Waals surface area contributed by atoms with Gasteiger partial charge in [-0.2, -0.15) is 0 Å². The Bertz CT molecular complexity index is 988. The number of aromatic nitrogens is 1. The molecule has 0 saturated heterocycles. The minimum atomic E-state index is -0.347. The maximum atomic E-state index is 12.1. The quantitative estimate of drug-likeness (QED) is 0.510. The van der Waals surface area contributed by atoms with E-state index in [2.05, 4.69) is 26.3 Å². The molecular formula is C21H21N5O3. The van der Waals surface area contributed by atoms with Crippen LogP contribution in [0.15, 0.2) is 66.9 Å². The Morgan fingerprint density at radius 3 is 1.97 bits per heavy atom. The number of nitrogens with zero attached hydrogens (tertiary/aromatic N) is 1. The molecule has 148 valence electrons. The summed E-state index contributed by atoms with van der Waals surface area (Å²) < 4.78 is 5.74. The van der Waals surface area contributed by atoms with Crippen molar-refractivity contribution in [2.45, 2.75) is 0 Å². The van der Waals surface area contributed by atoms with Gasteiger partial charge in [-0.1, -0.05) is 0 Å². The monoisotopic (exact) mass is 391 g/mol. The molecule has 8 heteroatoms. The summed E-state index contributed by atoms with van der Waals surface area (Å²) in [5.74, 6) is 0.761. The van der Waals surface area contributed by atoms with Crippen LogP contribution >= 0.6 is 0 Å². The molecule has 0 bridgehead atoms. The first-order valence-corrected chi connectivity index (χ1v) is 8.89. The van der Waals surface area contributed by atoms with Crippen molar-refractivity contribution in [1.82, 2.24) is 10.3 Å². The number of urea groups is 1. The third kappa shape index (κ3) is 5.46. The van der Waals surface area contributed by atoms with Gasteiger partial charge < -0.3 is 26.0 Å². The molecular weight excluding hydrogens is 370 g/mol. The van der Waals surface area contributed by atoms with Gasteiger partial charge in [-0.15, -0.1) is 0 Å². The molecule has 3 amide bonds. The first-order chi connectivity index (χ1) is 14.1. The van der Waals surface area contributed by atoms with Gasteiger partial charge in [0.15, 0.2) is 0 Å². The number of hydrogen-bond donors (Lipinski definition) is 4. The highest BCUT2D eigenvalue weighted by Crippen LogP contribution is 2.23. The molecule has 0 aliphatic carbocycles. The Kier molecular flexibility index (Phi) is 6.26. The van der Waals surface area contributed by atoms with Gasteiger partial charge in [-0.25, -0.2) is 4.79 Å². The fraction of sp³-hybridized carbons (Fsp3) is 0.0952. The minimum Gasteiger partial charge on any atom is -0.457 e. The molecule has 0 aliphatic heterocycles. The topological polar surface area (TPSA) is 104 Å². The van der Waals surface area contributed by atoms with Crippen molar-refractivity contribution in [1.29, 1.82) is 0 Å². The van der Waals surface area contributed by atoms with Crippen LogP contribution in [-0.2, 0) is 0 Å². The van der Waals surface area contributed by atoms with E-state index in [1.807, 2.05) is 31.3 Å². The second kappa shape index (κ2) is 9.23. The highest BCUT2D eigenvalue weighted by Gasteiger charge is 2.07. The van der Waals surface area contributed by atoms with Crippen molar-refractivity contribution in [3.8, 4) is 11.5 Å². The fourth-order valence-corrected chi connectivity index (χ4v) is 2.48. The molecule has 0 unspecified atom stereocenters. The normalized spacial score (nSPS) is 10.0. The van der Waals surface area contributed by atoms with E-state index in [9.17, 15) is 9.59 Å². The molecule has 4 N–H and O–H groups in total. The highest BCUT2D eigenvalue weighted by molar-refractivity contribution is 5.99. The number of rotatable bonds is 6. The summed E-state index contributed by atoms with van der Waals surface area (Å²) in [6.07, 6.45) is 1.50. The van der Waals surface area contributed by atoms with Gasteiger partial charge in [-0.3, -0.25) is 9.78 Å². The Labute approximate surface area is 168 Å². The molecule has 3 rings (SSSR count). The molecule has 0 saturated carbocycles. The van der Waals surface area contributed by atoms with Gasteiger partial charge in [0.25, 0.3) is 5.91 Å². The number of amides is 3. The van der Waals surface area contributed by atoms with E-state index in [-0.39, 0.29) is 17.6 Å². The summed E-state index contributed by atoms with van der Waals surface area (Å²) in [4.78, 5) is 27.8. The molecule has 1 heterocycles. The van der Waals surface area contributed by atoms with Crippen LogP contribution in [-0.4, -0.2) is 31.0 Å². The third-order valence-electron chi connectivity index (χ3n) is 3.97. The lowest BCUT2D eigenvalue weighted by atomic mass is 10.3. The SMILES string of the molecule is CNC(=O)c1cc(Oc2ccc(NC(=O)Nc3ccc(NC)cc3)cc2)ccn1. The minimum absolute atomic E-state index is 0.266. The third-order valence-corrected chi connectivity index (χ3v) is 3.97. The molecule has 8 nitrogen and oxygen atoms in total. The zero-order valence-corrected chi connectivity index (χ0v) is 16.0. The number of benzene rings is 2. The van der Waals surface area contributed by atoms with Gasteiger partial charge in [-0.05, 0) is 54.6 Å². The number of carbonyl (C=O) groups is 2. The highest BCUT2D eigenvalue weighted by atomic mass is 16.5. The molecule has 3 aromatic rings. The number of hydrogen-bond acceptors (Lipinski definition) is 5. The zero-order valence-electron chi connectivity index (χ0n) is 16.0. The van der Waals surface area contributed by atoms with Gasteiger partial charge in [0.1, 0.15) is 17.2 Å². The first-order valence-electron chi connectivity index (χ1n) is 8.89. The summed E-state index contributed by atoms with van der Waals surface area (Å²) in [5.41, 5.74) is 2.53. The second-order valence-corrected chi connectivity index (χ2v) is 5.99. The van der Waals surface area contributed by atoms with Crippen LogP contribution in [0, 0.1) is 0 Å². The van der Waals surface area contributed by atoms with E-state index < -0.39 is 0 Å². The Hall–Kier alpha value is -4.07. The number of ether oxygens (including phenoxy) is 1. The smallest absolute Gasteiger partial charge is 0.323 e. The molecule has 1 aromatic heterocycles. The second-order valence-electron chi connectivity index (χ2n) is 5.99. The lowest BCUT2D eigenvalue weighted by Gasteiger charge is -2.10. The van der Waals surface area contributed by atoms with Gasteiger partial charge in [0.05, 0.1) is 0 Å². The van der Waals surface area contributed by atoms with E-state index in [4.69, 9.17) is 4.74 Å². The standard InChI is InChI=1S/C21H21N5O3/c1-22-14-3-5-15(6-4-14)25-21(28)26-16-7-9-17(10-8-16)29-18-11-12-24-19(13-18)20(27)23-2/h3-13,22H,1-2H3,(H,23,27)(H2,25,26,28). The lowest BCUT2D eigenvalue weighted by molar-refractivity contribution is 0.0958. The van der Waals surface area contributed by atoms with Crippen LogP contribution in [0.25, 0.3) is 0 Å². The maximum absolute atomic E-state index is 12.1. The van der Waals surface area contributed by atoms with Crippen LogP contribution in [0.4, 0.5) is 21.9 Å². The number of carbonyl (C=O) groups excluding carboxylic acids is 2. The summed E-state index contributed by atoms with van der Waals surface area (Å²) in [7, 11) is 3.37. The van der Waals surface area contributed by atoms with Gasteiger partial charge in [0.2, 0.25) is 0 Å². The first kappa shape index (κ1) is 19.7. The van der Waals surface area contributed by atoms with Crippen LogP contribution in [0.5, 0.6) is 11.5 Å². The molecule has 29 heavy (non-hydrogen) atoms. The fourth-order valence-electron chi connectivity index (χ4n) is 2.48. The summed E-state index contributed by atoms with van der Waals surface area (Å²) in [5, 5.41) is 11.1. The molecule has 0 spiro atoms. The Balaban J connectivity index is 1.58. The van der Waals surface area contributed by atoms with Crippen molar-refractivity contribution < 1.29 is 14.3 Å². The van der Waals surface area contributed by atoms with Crippen molar-refractivity contribution in [3.63, 3.8) is 0 Å². The van der Waals surface area contributed by atoms with Crippen molar-refractivity contribution in [2.75, 3.05) is 30.0 Å². The van der Waals surface area contributed by atoms with Crippen LogP contribution in [0.2, 0.25) is 0 Å². The average molecular weight is 391 g/mol. The van der Waals surface area contributed by atoms with E-state index >= 15 is 0 Å². The Morgan fingerprint density at radius 1 is 0.793 bits per heavy atom. The summed E-state index contributed by atoms with van der Waals surface area (Å²) in [6.45, 7) is 0. The van der Waals surface area contributed by atoms with Crippen LogP contribution in [0.3, 0.4) is 0 Å². The zero-order chi connectivity index (χ0) is 20.6. The molecule has 0 radical (unpaired) electrons. The van der Waals surface area contributed by atoms with Crippen molar-refractivity contribution in [3.05, 3.63) is 72.6 Å². The van der Waals surface area contributed by atoms with Crippen LogP contribution in [0.1, 0.15) is 10.5 Å². The number of pyridine rings is 1. The summed E-state index contributed by atoms with van der Waals surface area (Å²) in [6, 6.07) is 17.1. The van der Waals surface area contributed by atoms with E-state index in [0.717, 1.165) is 5.69 Å². The van der Waals surface area contributed by atoms with Crippen molar-refractivity contribution >= 4 is 29.0 Å². The van der Waals surface area contributed by atoms with Crippen molar-refractivity contribution in [2.24, 2.45) is 0 Å². The predicted molar refractivity (Wildman–Crippen MR) is 113 cm³/mol. The van der Waals surface area contributed by atoms with Gasteiger partial charge in [0, 0.05) is 43.4 Å². The number of anilines is 3. The van der Waals surface area contributed by atoms with E-state index in [1.165, 1.54) is 13.2 Å². The number of nitrogens with one attached hydrogen (secondary N) is 4. The Morgan fingerprint density at radius 2 is 1.38 bits per heavy atom. The molecule has 0 fully saturated rings. The molecule has 0 atom stereocenters. The van der Waals surface area contributed by atoms with E-state index in [1.54, 1.807) is 36.4 Å². The molecule has 0 aliphatic rings. The van der Waals surface area contributed by atoms with Gasteiger partial charge >= 0.3 is 6.03 Å². The predicted octanol–water partition coefficient (Wildman–Crippen LogP) is 3.92. The molecule has 2 aromatic carbocycles. The average Bonchev–Trinajstić information content (AvgIpc) is 2.75. The lowest BCUT2D eigenvalue weighted by Crippen LogP contribution is -2.19. The maximum Gasteiger partial charge on any atom is 0.323 e. The summed E-state index contributed by atoms with van der Waals surface area (Å²) >= 11 is 0. The largest absolute Gasteiger partial charge is 0.457 e. The van der Waals surface area contributed by atoms with Crippen LogP contribution < -0.4 is 26.0 Å².